The van der Waals surface area contributed by atoms with Crippen LogP contribution >= 0.6 is 11.6 Å². The topological polar surface area (TPSA) is 28.4 Å². The summed E-state index contributed by atoms with van der Waals surface area (Å²) in [4.78, 5) is 2.41. The Balaban J connectivity index is 2.16. The molecule has 0 fully saturated rings. The highest BCUT2D eigenvalue weighted by molar-refractivity contribution is 6.31. The molecule has 0 amide bonds. The number of hydrogen-bond donors (Lipinski definition) is 1. The second-order valence-corrected chi connectivity index (χ2v) is 7.29. The van der Waals surface area contributed by atoms with E-state index in [1.54, 1.807) is 0 Å². The Labute approximate surface area is 157 Å². The summed E-state index contributed by atoms with van der Waals surface area (Å²) in [6.45, 7) is 10.2. The minimum atomic E-state index is -0.513. The molecule has 1 aromatic heterocycles. The summed E-state index contributed by atoms with van der Waals surface area (Å²) >= 11 is 6.29. The quantitative estimate of drug-likeness (QED) is 0.670. The van der Waals surface area contributed by atoms with E-state index >= 15 is 0 Å². The molecule has 0 aliphatic carbocycles. The molecule has 3 atom stereocenters. The molecule has 0 saturated heterocycles. The van der Waals surface area contributed by atoms with Crippen LogP contribution in [-0.2, 0) is 6.54 Å². The third-order valence-corrected chi connectivity index (χ3v) is 5.57. The molecule has 0 bridgehead atoms. The van der Waals surface area contributed by atoms with Crippen molar-refractivity contribution < 1.29 is 5.11 Å². The lowest BCUT2D eigenvalue weighted by Gasteiger charge is -2.35. The molecule has 0 unspecified atom stereocenters. The number of rotatable bonds is 9. The molecule has 2 aromatic rings. The molecule has 138 valence electrons. The van der Waals surface area contributed by atoms with Gasteiger partial charge < -0.3 is 9.67 Å². The van der Waals surface area contributed by atoms with Gasteiger partial charge in [0.25, 0.3) is 0 Å². The molecular weight excluding hydrogens is 332 g/mol. The Bertz CT molecular complexity index is 645. The predicted molar refractivity (Wildman–Crippen MR) is 106 cm³/mol. The summed E-state index contributed by atoms with van der Waals surface area (Å²) in [5.74, 6) is 0. The second kappa shape index (κ2) is 9.42. The van der Waals surface area contributed by atoms with E-state index in [9.17, 15) is 5.11 Å². The Morgan fingerprint density at radius 3 is 2.28 bits per heavy atom. The fourth-order valence-electron chi connectivity index (χ4n) is 3.24. The van der Waals surface area contributed by atoms with Crippen LogP contribution in [0.3, 0.4) is 0 Å². The van der Waals surface area contributed by atoms with Crippen molar-refractivity contribution in [1.29, 1.82) is 0 Å². The number of benzene rings is 1. The average Bonchev–Trinajstić information content (AvgIpc) is 3.08. The number of aromatic nitrogens is 1. The third kappa shape index (κ3) is 5.10. The van der Waals surface area contributed by atoms with Crippen molar-refractivity contribution in [2.24, 2.45) is 0 Å². The first-order valence-corrected chi connectivity index (χ1v) is 9.67. The number of aliphatic hydroxyl groups is 1. The molecule has 0 spiro atoms. The molecule has 4 heteroatoms. The van der Waals surface area contributed by atoms with Crippen molar-refractivity contribution in [2.75, 3.05) is 6.54 Å². The van der Waals surface area contributed by atoms with Gasteiger partial charge in [-0.15, -0.1) is 0 Å². The third-order valence-electron chi connectivity index (χ3n) is 5.20. The van der Waals surface area contributed by atoms with Crippen molar-refractivity contribution in [1.82, 2.24) is 9.47 Å². The lowest BCUT2D eigenvalue weighted by molar-refractivity contribution is 0.0590. The number of aliphatic hydroxyl groups excluding tert-OH is 1. The van der Waals surface area contributed by atoms with Gasteiger partial charge in [0.1, 0.15) is 6.10 Å². The highest BCUT2D eigenvalue weighted by Gasteiger charge is 2.23. The van der Waals surface area contributed by atoms with Crippen LogP contribution in [0.2, 0.25) is 5.02 Å². The largest absolute Gasteiger partial charge is 0.386 e. The maximum absolute atomic E-state index is 10.9. The Morgan fingerprint density at radius 2 is 1.68 bits per heavy atom. The summed E-state index contributed by atoms with van der Waals surface area (Å²) in [7, 11) is 0. The first-order chi connectivity index (χ1) is 12.0. The number of halogens is 1. The van der Waals surface area contributed by atoms with E-state index in [4.69, 9.17) is 11.6 Å². The SMILES string of the molecule is CC[C@@H](C)N(C[C@H](O)c1cccn1Cc1ccccc1Cl)[C@@H](C)CC. The fourth-order valence-corrected chi connectivity index (χ4v) is 3.44. The molecular formula is C21H31ClN2O. The zero-order valence-electron chi connectivity index (χ0n) is 15.8. The van der Waals surface area contributed by atoms with Gasteiger partial charge in [-0.3, -0.25) is 4.90 Å². The summed E-state index contributed by atoms with van der Waals surface area (Å²) in [6.07, 6.45) is 3.66. The molecule has 1 N–H and O–H groups in total. The zero-order valence-corrected chi connectivity index (χ0v) is 16.6. The van der Waals surface area contributed by atoms with Crippen LogP contribution in [0.15, 0.2) is 42.6 Å². The van der Waals surface area contributed by atoms with Gasteiger partial charge in [-0.1, -0.05) is 43.6 Å². The normalized spacial score (nSPS) is 15.3. The Hall–Kier alpha value is -1.29. The van der Waals surface area contributed by atoms with Gasteiger partial charge in [-0.05, 0) is 50.5 Å². The first-order valence-electron chi connectivity index (χ1n) is 9.30. The molecule has 25 heavy (non-hydrogen) atoms. The lowest BCUT2D eigenvalue weighted by atomic mass is 10.1. The highest BCUT2D eigenvalue weighted by atomic mass is 35.5. The fraction of sp³-hybridized carbons (Fsp3) is 0.524. The minimum absolute atomic E-state index is 0.455. The summed E-state index contributed by atoms with van der Waals surface area (Å²) in [5, 5.41) is 11.7. The molecule has 2 rings (SSSR count). The van der Waals surface area contributed by atoms with Crippen LogP contribution in [-0.4, -0.2) is 33.2 Å². The molecule has 0 aliphatic rings. The summed E-state index contributed by atoms with van der Waals surface area (Å²) in [6, 6.07) is 12.8. The van der Waals surface area contributed by atoms with Gasteiger partial charge in [0.15, 0.2) is 0 Å². The van der Waals surface area contributed by atoms with Crippen molar-refractivity contribution in [3.05, 3.63) is 58.9 Å². The summed E-state index contributed by atoms with van der Waals surface area (Å²) in [5.41, 5.74) is 2.01. The zero-order chi connectivity index (χ0) is 18.4. The molecule has 0 aliphatic heterocycles. The first kappa shape index (κ1) is 20.0. The van der Waals surface area contributed by atoms with Gasteiger partial charge in [0, 0.05) is 42.1 Å². The van der Waals surface area contributed by atoms with Gasteiger partial charge in [-0.25, -0.2) is 0 Å². The van der Waals surface area contributed by atoms with Crippen molar-refractivity contribution in [3.63, 3.8) is 0 Å². The number of nitrogens with zero attached hydrogens (tertiary/aromatic N) is 2. The maximum atomic E-state index is 10.9. The molecule has 3 nitrogen and oxygen atoms in total. The van der Waals surface area contributed by atoms with E-state index in [1.807, 2.05) is 42.6 Å². The van der Waals surface area contributed by atoms with Gasteiger partial charge in [0.05, 0.1) is 0 Å². The van der Waals surface area contributed by atoms with Crippen molar-refractivity contribution in [3.8, 4) is 0 Å². The van der Waals surface area contributed by atoms with Crippen LogP contribution in [0.25, 0.3) is 0 Å². The van der Waals surface area contributed by atoms with E-state index in [2.05, 4.69) is 37.2 Å². The van der Waals surface area contributed by atoms with Crippen LogP contribution in [0.1, 0.15) is 57.9 Å². The van der Waals surface area contributed by atoms with E-state index in [0.717, 1.165) is 29.1 Å². The monoisotopic (exact) mass is 362 g/mol. The van der Waals surface area contributed by atoms with Gasteiger partial charge >= 0.3 is 0 Å². The van der Waals surface area contributed by atoms with Crippen molar-refractivity contribution >= 4 is 11.6 Å². The molecule has 1 aromatic carbocycles. The van der Waals surface area contributed by atoms with Crippen LogP contribution in [0, 0.1) is 0 Å². The van der Waals surface area contributed by atoms with Gasteiger partial charge in [-0.2, -0.15) is 0 Å². The standard InChI is InChI=1S/C21H31ClN2O/c1-5-16(3)24(17(4)6-2)15-21(25)20-12-9-13-23(20)14-18-10-7-8-11-19(18)22/h7-13,16-17,21,25H,5-6,14-15H2,1-4H3/t16-,17+,21-/m0/s1. The molecule has 1 heterocycles. The van der Waals surface area contributed by atoms with E-state index in [0.29, 0.717) is 25.2 Å². The van der Waals surface area contributed by atoms with Crippen LogP contribution in [0.4, 0.5) is 0 Å². The van der Waals surface area contributed by atoms with E-state index in [-0.39, 0.29) is 0 Å². The number of hydrogen-bond acceptors (Lipinski definition) is 2. The summed E-state index contributed by atoms with van der Waals surface area (Å²) < 4.78 is 2.09. The van der Waals surface area contributed by atoms with Gasteiger partial charge in [0.2, 0.25) is 0 Å². The van der Waals surface area contributed by atoms with E-state index in [1.165, 1.54) is 0 Å². The smallest absolute Gasteiger partial charge is 0.107 e. The van der Waals surface area contributed by atoms with Crippen LogP contribution in [0.5, 0.6) is 0 Å². The Kier molecular flexibility index (Phi) is 7.55. The molecule has 0 saturated carbocycles. The van der Waals surface area contributed by atoms with Crippen molar-refractivity contribution in [2.45, 2.75) is 65.3 Å². The maximum Gasteiger partial charge on any atom is 0.107 e. The average molecular weight is 363 g/mol. The van der Waals surface area contributed by atoms with Crippen LogP contribution < -0.4 is 0 Å². The minimum Gasteiger partial charge on any atom is -0.386 e. The Morgan fingerprint density at radius 1 is 1.04 bits per heavy atom. The second-order valence-electron chi connectivity index (χ2n) is 6.88. The predicted octanol–water partition coefficient (Wildman–Crippen LogP) is 5.12. The molecule has 0 radical (unpaired) electrons. The lowest BCUT2D eigenvalue weighted by Crippen LogP contribution is -2.42. The highest BCUT2D eigenvalue weighted by Crippen LogP contribution is 2.23. The van der Waals surface area contributed by atoms with E-state index < -0.39 is 6.10 Å².